The molecule has 1 fully saturated rings. The normalized spacial score (nSPS) is 13.6. The molecular weight excluding hydrogens is 857 g/mol. The molecule has 3 heterocycles. The molecule has 0 unspecified atom stereocenters. The van der Waals surface area contributed by atoms with Crippen LogP contribution in [0.2, 0.25) is 19.6 Å². The van der Waals surface area contributed by atoms with Gasteiger partial charge >= 0.3 is 0 Å². The fourth-order valence-electron chi connectivity index (χ4n) is 7.93. The summed E-state index contributed by atoms with van der Waals surface area (Å²) in [5.74, 6) is 1.29. The van der Waals surface area contributed by atoms with Gasteiger partial charge in [-0.15, -0.1) is 53.6 Å². The summed E-state index contributed by atoms with van der Waals surface area (Å²) in [4.78, 5) is 9.51. The number of nitrogens with zero attached hydrogens (tertiary/aromatic N) is 2. The van der Waals surface area contributed by atoms with Crippen LogP contribution in [-0.4, -0.2) is 18.0 Å². The van der Waals surface area contributed by atoms with E-state index in [9.17, 15) is 0 Å². The molecular formula is C48H50IrN2SSi-2. The van der Waals surface area contributed by atoms with Crippen LogP contribution in [0.25, 0.3) is 53.8 Å². The Labute approximate surface area is 335 Å². The predicted octanol–water partition coefficient (Wildman–Crippen LogP) is 13.3. The average Bonchev–Trinajstić information content (AvgIpc) is 3.85. The maximum Gasteiger partial charge on any atom is 0.0799 e. The number of hydrogen-bond acceptors (Lipinski definition) is 3. The summed E-state index contributed by atoms with van der Waals surface area (Å²) in [6.07, 6.45) is 9.50. The summed E-state index contributed by atoms with van der Waals surface area (Å²) in [7, 11) is -1.34. The van der Waals surface area contributed by atoms with Gasteiger partial charge in [0.15, 0.2) is 0 Å². The maximum atomic E-state index is 4.85. The van der Waals surface area contributed by atoms with Crippen LogP contribution in [-0.2, 0) is 25.5 Å². The van der Waals surface area contributed by atoms with Crippen LogP contribution in [0.3, 0.4) is 0 Å². The van der Waals surface area contributed by atoms with Crippen molar-refractivity contribution in [3.05, 3.63) is 139 Å². The molecule has 1 saturated carbocycles. The maximum absolute atomic E-state index is 4.85. The van der Waals surface area contributed by atoms with E-state index in [4.69, 9.17) is 4.98 Å². The first-order valence-electron chi connectivity index (χ1n) is 18.9. The van der Waals surface area contributed by atoms with Crippen LogP contribution < -0.4 is 5.19 Å². The van der Waals surface area contributed by atoms with Crippen LogP contribution in [0.4, 0.5) is 0 Å². The second-order valence-electron chi connectivity index (χ2n) is 16.2. The second kappa shape index (κ2) is 16.3. The number of benzene rings is 4. The number of aromatic nitrogens is 2. The Morgan fingerprint density at radius 2 is 1.53 bits per heavy atom. The third kappa shape index (κ3) is 8.20. The number of fused-ring (bicyclic) bond motifs is 3. The Kier molecular flexibility index (Phi) is 12.0. The van der Waals surface area contributed by atoms with Gasteiger partial charge in [0.1, 0.15) is 0 Å². The van der Waals surface area contributed by atoms with E-state index in [0.717, 1.165) is 28.4 Å². The van der Waals surface area contributed by atoms with Crippen molar-refractivity contribution >= 4 is 44.8 Å². The molecule has 5 heteroatoms. The van der Waals surface area contributed by atoms with E-state index >= 15 is 0 Å². The predicted molar refractivity (Wildman–Crippen MR) is 227 cm³/mol. The molecule has 0 bridgehead atoms. The molecule has 0 aliphatic heterocycles. The summed E-state index contributed by atoms with van der Waals surface area (Å²) >= 11 is 1.86. The quantitative estimate of drug-likeness (QED) is 0.118. The fourth-order valence-corrected chi connectivity index (χ4v) is 10.8. The minimum Gasteiger partial charge on any atom is -0.305 e. The molecule has 1 aliphatic rings. The molecule has 3 aromatic heterocycles. The summed E-state index contributed by atoms with van der Waals surface area (Å²) < 4.78 is 2.59. The van der Waals surface area contributed by atoms with Crippen molar-refractivity contribution < 1.29 is 20.1 Å². The third-order valence-electron chi connectivity index (χ3n) is 11.0. The second-order valence-corrected chi connectivity index (χ2v) is 22.3. The molecule has 0 amide bonds. The zero-order valence-corrected chi connectivity index (χ0v) is 36.3. The zero-order valence-electron chi connectivity index (χ0n) is 32.1. The first-order chi connectivity index (χ1) is 25.0. The summed E-state index contributed by atoms with van der Waals surface area (Å²) in [6, 6.07) is 43.4. The standard InChI is InChI=1S/C31H28NS.C17H22NSi.Ir/c1-31(2,22-12-6-7-13-22)23-18-19-32-27(20-23)25-17-16-24(21-10-4-3-5-11-21)29-26-14-8-9-15-28(26)33-30(25)29;1-13(2)15-11-16(14-9-7-6-8-10-14)18-12-17(15)19(3,4)5;/h3-5,8-11,14-16,18-20,22H,6-7,12-13H2,1-2H3;6-9,11-13H,1-5H3;/q2*-1;. The Bertz CT molecular complexity index is 2300. The largest absolute Gasteiger partial charge is 0.305 e. The van der Waals surface area contributed by atoms with Crippen molar-refractivity contribution in [2.24, 2.45) is 5.92 Å². The van der Waals surface area contributed by atoms with Gasteiger partial charge in [0.05, 0.1) is 8.07 Å². The van der Waals surface area contributed by atoms with Crippen LogP contribution in [0, 0.1) is 18.1 Å². The molecule has 0 spiro atoms. The molecule has 1 radical (unpaired) electrons. The number of rotatable bonds is 7. The molecule has 53 heavy (non-hydrogen) atoms. The molecule has 0 atom stereocenters. The SMILES string of the molecule is CC(C)(c1ccnc(-c2[c-]cc(-c3ccccc3)c3c2sc2ccccc23)c1)C1CCCC1.CC(C)c1cc(-c2[c-]cccc2)ncc1[Si](C)(C)C.[Ir]. The van der Waals surface area contributed by atoms with Gasteiger partial charge in [0.2, 0.25) is 0 Å². The summed E-state index contributed by atoms with van der Waals surface area (Å²) in [5.41, 5.74) is 9.75. The van der Waals surface area contributed by atoms with Crippen molar-refractivity contribution in [3.8, 4) is 33.6 Å². The van der Waals surface area contributed by atoms with Crippen LogP contribution >= 0.6 is 11.3 Å². The van der Waals surface area contributed by atoms with Crippen molar-refractivity contribution in [1.29, 1.82) is 0 Å². The first kappa shape index (κ1) is 39.0. The van der Waals surface area contributed by atoms with E-state index in [0.29, 0.717) is 5.92 Å². The van der Waals surface area contributed by atoms with E-state index in [1.165, 1.54) is 73.3 Å². The van der Waals surface area contributed by atoms with E-state index in [1.807, 2.05) is 35.7 Å². The number of thiophene rings is 1. The molecule has 273 valence electrons. The van der Waals surface area contributed by atoms with Gasteiger partial charge < -0.3 is 9.97 Å². The van der Waals surface area contributed by atoms with E-state index in [2.05, 4.69) is 156 Å². The Hall–Kier alpha value is -3.73. The molecule has 7 aromatic rings. The van der Waals surface area contributed by atoms with E-state index in [1.54, 1.807) is 0 Å². The zero-order chi connectivity index (χ0) is 36.5. The number of pyridine rings is 2. The van der Waals surface area contributed by atoms with E-state index in [-0.39, 0.29) is 25.5 Å². The minimum atomic E-state index is -1.34. The fraction of sp³-hybridized carbons (Fsp3) is 0.292. The Morgan fingerprint density at radius 1 is 0.811 bits per heavy atom. The molecule has 1 aliphatic carbocycles. The Balaban J connectivity index is 0.000000206. The molecule has 8 rings (SSSR count). The third-order valence-corrected chi connectivity index (χ3v) is 14.2. The van der Waals surface area contributed by atoms with Gasteiger partial charge in [0, 0.05) is 37.2 Å². The van der Waals surface area contributed by atoms with Crippen LogP contribution in [0.15, 0.2) is 116 Å². The van der Waals surface area contributed by atoms with Gasteiger partial charge in [0.25, 0.3) is 0 Å². The van der Waals surface area contributed by atoms with Crippen molar-refractivity contribution in [3.63, 3.8) is 0 Å². The molecule has 2 nitrogen and oxygen atoms in total. The van der Waals surface area contributed by atoms with E-state index < -0.39 is 8.07 Å². The summed E-state index contributed by atoms with van der Waals surface area (Å²) in [6.45, 7) is 16.5. The van der Waals surface area contributed by atoms with Gasteiger partial charge in [-0.3, -0.25) is 0 Å². The van der Waals surface area contributed by atoms with Crippen LogP contribution in [0.1, 0.15) is 70.4 Å². The van der Waals surface area contributed by atoms with Crippen molar-refractivity contribution in [2.75, 3.05) is 0 Å². The monoisotopic (exact) mass is 907 g/mol. The molecule has 4 aromatic carbocycles. The van der Waals surface area contributed by atoms with Crippen LogP contribution in [0.5, 0.6) is 0 Å². The smallest absolute Gasteiger partial charge is 0.0799 e. The Morgan fingerprint density at radius 3 is 2.23 bits per heavy atom. The van der Waals surface area contributed by atoms with Crippen molar-refractivity contribution in [2.45, 2.75) is 84.4 Å². The topological polar surface area (TPSA) is 25.8 Å². The van der Waals surface area contributed by atoms with Gasteiger partial charge in [-0.1, -0.05) is 143 Å². The van der Waals surface area contributed by atoms with Gasteiger partial charge in [-0.05, 0) is 74.4 Å². The van der Waals surface area contributed by atoms with Gasteiger partial charge in [-0.25, -0.2) is 0 Å². The van der Waals surface area contributed by atoms with Gasteiger partial charge in [-0.2, -0.15) is 11.3 Å². The minimum absolute atomic E-state index is 0. The molecule has 0 N–H and O–H groups in total. The first-order valence-corrected chi connectivity index (χ1v) is 23.2. The average molecular weight is 907 g/mol. The molecule has 0 saturated heterocycles. The number of hydrogen-bond donors (Lipinski definition) is 0. The van der Waals surface area contributed by atoms with Crippen molar-refractivity contribution in [1.82, 2.24) is 9.97 Å². The summed E-state index contributed by atoms with van der Waals surface area (Å²) in [5, 5.41) is 4.11.